The zero-order valence-electron chi connectivity index (χ0n) is 9.06. The van der Waals surface area contributed by atoms with Gasteiger partial charge in [0.2, 0.25) is 0 Å². The molecule has 1 aromatic rings. The maximum atomic E-state index is 11.1. The van der Waals surface area contributed by atoms with Crippen molar-refractivity contribution in [3.63, 3.8) is 0 Å². The molecule has 1 rings (SSSR count). The van der Waals surface area contributed by atoms with E-state index in [4.69, 9.17) is 20.4 Å². The molecule has 0 amide bonds. The molecule has 16 heavy (non-hydrogen) atoms. The summed E-state index contributed by atoms with van der Waals surface area (Å²) in [7, 11) is 11.0. The highest BCUT2D eigenvalue weighted by molar-refractivity contribution is 6.33. The first kappa shape index (κ1) is 12.5. The molecule has 5 nitrogen and oxygen atoms in total. The van der Waals surface area contributed by atoms with Gasteiger partial charge in [-0.3, -0.25) is 9.78 Å². The number of carbonyl (C=O) groups excluding carboxylic acids is 1. The van der Waals surface area contributed by atoms with E-state index in [1.807, 2.05) is 0 Å². The third-order valence-electron chi connectivity index (χ3n) is 1.76. The van der Waals surface area contributed by atoms with Crippen LogP contribution in [0.15, 0.2) is 6.20 Å². The number of rotatable bonds is 5. The van der Waals surface area contributed by atoms with E-state index in [0.29, 0.717) is 18.1 Å². The molecule has 0 spiro atoms. The number of aromatic nitrogens is 2. The zero-order valence-corrected chi connectivity index (χ0v) is 9.06. The summed E-state index contributed by atoms with van der Waals surface area (Å²) in [4.78, 5) is 19.0. The lowest BCUT2D eigenvalue weighted by Gasteiger charge is -2.08. The first-order valence-electron chi connectivity index (χ1n) is 4.88. The van der Waals surface area contributed by atoms with Gasteiger partial charge in [-0.1, -0.05) is 0 Å². The van der Waals surface area contributed by atoms with Gasteiger partial charge in [0.1, 0.15) is 20.2 Å². The molecule has 0 aliphatic rings. The Morgan fingerprint density at radius 2 is 2.38 bits per heavy atom. The second kappa shape index (κ2) is 6.15. The maximum absolute atomic E-state index is 11.1. The fraction of sp³-hybridized carbons (Fsp3) is 0.444. The number of nitrogens with zero attached hydrogens (tertiary/aromatic N) is 2. The summed E-state index contributed by atoms with van der Waals surface area (Å²) in [5, 5.41) is 2.73. The van der Waals surface area contributed by atoms with Crippen LogP contribution >= 0.6 is 0 Å². The summed E-state index contributed by atoms with van der Waals surface area (Å²) in [6, 6.07) is 0. The van der Waals surface area contributed by atoms with E-state index in [1.165, 1.54) is 6.20 Å². The summed E-state index contributed by atoms with van der Waals surface area (Å²) in [6.45, 7) is 2.09. The Hall–Kier alpha value is -1.52. The van der Waals surface area contributed by atoms with E-state index in [1.54, 1.807) is 6.92 Å². The largest absolute Gasteiger partial charge is 0.465 e. The molecule has 1 N–H and O–H groups in total. The van der Waals surface area contributed by atoms with Crippen molar-refractivity contribution >= 4 is 33.1 Å². The average Bonchev–Trinajstić information content (AvgIpc) is 2.27. The Bertz CT molecular complexity index is 374. The highest BCUT2D eigenvalue weighted by Gasteiger charge is 2.05. The van der Waals surface area contributed by atoms with E-state index >= 15 is 0 Å². The number of hydrogen-bond acceptors (Lipinski definition) is 5. The Morgan fingerprint density at radius 3 is 2.94 bits per heavy atom. The lowest BCUT2D eigenvalue weighted by Crippen LogP contribution is -2.24. The van der Waals surface area contributed by atoms with Crippen LogP contribution in [0.5, 0.6) is 0 Å². The van der Waals surface area contributed by atoms with E-state index in [-0.39, 0.29) is 24.4 Å². The minimum Gasteiger partial charge on any atom is -0.465 e. The second-order valence-electron chi connectivity index (χ2n) is 2.96. The second-order valence-corrected chi connectivity index (χ2v) is 2.96. The van der Waals surface area contributed by atoms with Gasteiger partial charge < -0.3 is 10.1 Å². The van der Waals surface area contributed by atoms with Gasteiger partial charge in [0.15, 0.2) is 0 Å². The molecule has 0 aromatic carbocycles. The monoisotopic (exact) mass is 215 g/mol. The van der Waals surface area contributed by atoms with Gasteiger partial charge in [0.05, 0.1) is 14.5 Å². The number of esters is 1. The molecule has 0 saturated carbocycles. The molecule has 0 atom stereocenters. The number of ether oxygens (including phenoxy) is 1. The minimum absolute atomic E-state index is 0.00862. The summed E-state index contributed by atoms with van der Waals surface area (Å²) in [5.41, 5.74) is 0.812. The van der Waals surface area contributed by atoms with Gasteiger partial charge in [-0.15, -0.1) is 0 Å². The van der Waals surface area contributed by atoms with Crippen LogP contribution in [0, 0.1) is 0 Å². The standard InChI is InChI=1S/C9H11B2N3O2/c1-2-16-7(15)5-13-9-8(11)14-6(3-10)4-12-9/h4H,2-3,5H2,1H3,(H,12,13). The van der Waals surface area contributed by atoms with Gasteiger partial charge in [-0.25, -0.2) is 4.98 Å². The Balaban J connectivity index is 2.57. The number of nitrogens with one attached hydrogen (secondary N) is 1. The lowest BCUT2D eigenvalue weighted by atomic mass is 10.00. The molecule has 0 aliphatic carbocycles. The van der Waals surface area contributed by atoms with Crippen molar-refractivity contribution in [2.24, 2.45) is 0 Å². The Morgan fingerprint density at radius 1 is 1.62 bits per heavy atom. The van der Waals surface area contributed by atoms with Crippen molar-refractivity contribution in [3.05, 3.63) is 11.9 Å². The summed E-state index contributed by atoms with van der Waals surface area (Å²) in [6.07, 6.45) is 1.78. The van der Waals surface area contributed by atoms with Gasteiger partial charge >= 0.3 is 5.97 Å². The van der Waals surface area contributed by atoms with E-state index < -0.39 is 0 Å². The third-order valence-corrected chi connectivity index (χ3v) is 1.76. The van der Waals surface area contributed by atoms with Crippen LogP contribution in [0.3, 0.4) is 0 Å². The maximum Gasteiger partial charge on any atom is 0.325 e. The normalized spacial score (nSPS) is 9.81. The van der Waals surface area contributed by atoms with Crippen LogP contribution in [0.25, 0.3) is 0 Å². The van der Waals surface area contributed by atoms with Crippen molar-refractivity contribution in [3.8, 4) is 0 Å². The topological polar surface area (TPSA) is 64.1 Å². The van der Waals surface area contributed by atoms with Crippen LogP contribution in [-0.4, -0.2) is 44.8 Å². The highest BCUT2D eigenvalue weighted by Crippen LogP contribution is 1.97. The predicted octanol–water partition coefficient (Wildman–Crippen LogP) is -1.09. The molecule has 1 aromatic heterocycles. The smallest absolute Gasteiger partial charge is 0.325 e. The molecule has 0 unspecified atom stereocenters. The van der Waals surface area contributed by atoms with Crippen molar-refractivity contribution in [1.82, 2.24) is 9.97 Å². The van der Waals surface area contributed by atoms with E-state index in [0.717, 1.165) is 0 Å². The average molecular weight is 215 g/mol. The molecule has 0 bridgehead atoms. The molecule has 0 fully saturated rings. The van der Waals surface area contributed by atoms with Gasteiger partial charge in [0.25, 0.3) is 0 Å². The van der Waals surface area contributed by atoms with Crippen molar-refractivity contribution in [1.29, 1.82) is 0 Å². The molecule has 80 valence electrons. The molecule has 0 aliphatic heterocycles. The van der Waals surface area contributed by atoms with Crippen molar-refractivity contribution < 1.29 is 9.53 Å². The molecule has 1 heterocycles. The van der Waals surface area contributed by atoms with Crippen LogP contribution in [0.1, 0.15) is 12.6 Å². The summed E-state index contributed by atoms with van der Waals surface area (Å²) in [5.74, 6) is -0.0168. The molecular formula is C9H11B2N3O2. The number of anilines is 1. The Labute approximate surface area is 96.8 Å². The van der Waals surface area contributed by atoms with Crippen LogP contribution < -0.4 is 10.9 Å². The van der Waals surface area contributed by atoms with Crippen LogP contribution in [0.4, 0.5) is 5.82 Å². The molecule has 7 heteroatoms. The van der Waals surface area contributed by atoms with Crippen molar-refractivity contribution in [2.75, 3.05) is 18.5 Å². The van der Waals surface area contributed by atoms with Crippen molar-refractivity contribution in [2.45, 2.75) is 13.2 Å². The Kier molecular flexibility index (Phi) is 4.82. The van der Waals surface area contributed by atoms with Gasteiger partial charge in [-0.2, -0.15) is 0 Å². The van der Waals surface area contributed by atoms with E-state index in [9.17, 15) is 4.79 Å². The highest BCUT2D eigenvalue weighted by atomic mass is 16.5. The van der Waals surface area contributed by atoms with E-state index in [2.05, 4.69) is 15.3 Å². The van der Waals surface area contributed by atoms with Crippen LogP contribution in [0.2, 0.25) is 0 Å². The zero-order chi connectivity index (χ0) is 12.0. The predicted molar refractivity (Wildman–Crippen MR) is 62.0 cm³/mol. The molecular weight excluding hydrogens is 204 g/mol. The third kappa shape index (κ3) is 3.56. The van der Waals surface area contributed by atoms with Gasteiger partial charge in [-0.05, 0) is 13.2 Å². The quantitative estimate of drug-likeness (QED) is 0.499. The molecule has 4 radical (unpaired) electrons. The van der Waals surface area contributed by atoms with Crippen LogP contribution in [-0.2, 0) is 15.9 Å². The lowest BCUT2D eigenvalue weighted by molar-refractivity contribution is -0.140. The summed E-state index contributed by atoms with van der Waals surface area (Å²) >= 11 is 0. The fourth-order valence-corrected chi connectivity index (χ4v) is 1.04. The first-order chi connectivity index (χ1) is 7.67. The fourth-order valence-electron chi connectivity index (χ4n) is 1.04. The number of carbonyl (C=O) groups is 1. The number of hydrogen-bond donors (Lipinski definition) is 1. The SMILES string of the molecule is [B]Cc1cnc(NCC(=O)OCC)c([B])n1. The minimum atomic E-state index is -0.369. The summed E-state index contributed by atoms with van der Waals surface area (Å²) < 4.78 is 4.74. The van der Waals surface area contributed by atoms with Gasteiger partial charge in [0, 0.05) is 17.5 Å². The first-order valence-corrected chi connectivity index (χ1v) is 4.88. The molecule has 0 saturated heterocycles.